The highest BCUT2D eigenvalue weighted by Gasteiger charge is 2.34. The number of halogens is 1. The lowest BCUT2D eigenvalue weighted by molar-refractivity contribution is -0.140. The molecule has 0 fully saturated rings. The van der Waals surface area contributed by atoms with Crippen LogP contribution in [-0.2, 0) is 26.2 Å². The summed E-state index contributed by atoms with van der Waals surface area (Å²) < 4.78 is 35.2. The Hall–Kier alpha value is -4.34. The third-order valence-corrected chi connectivity index (χ3v) is 9.11. The van der Waals surface area contributed by atoms with Gasteiger partial charge in [0.05, 0.1) is 10.6 Å². The molecule has 1 N–H and O–H groups in total. The van der Waals surface area contributed by atoms with Gasteiger partial charge in [-0.15, -0.1) is 0 Å². The molecule has 0 saturated heterocycles. The fourth-order valence-electron chi connectivity index (χ4n) is 4.76. The van der Waals surface area contributed by atoms with Gasteiger partial charge in [0.1, 0.15) is 24.1 Å². The molecule has 0 saturated carbocycles. The Morgan fingerprint density at radius 2 is 1.44 bits per heavy atom. The maximum absolute atomic E-state index is 14.2. The van der Waals surface area contributed by atoms with E-state index < -0.39 is 28.5 Å². The van der Waals surface area contributed by atoms with Gasteiger partial charge in [-0.3, -0.25) is 13.9 Å². The first-order valence-electron chi connectivity index (χ1n) is 14.7. The van der Waals surface area contributed by atoms with E-state index in [-0.39, 0.29) is 29.1 Å². The van der Waals surface area contributed by atoms with E-state index in [0.717, 1.165) is 15.4 Å². The highest BCUT2D eigenvalue weighted by atomic mass is 35.5. The van der Waals surface area contributed by atoms with Crippen LogP contribution in [0.4, 0.5) is 5.69 Å². The van der Waals surface area contributed by atoms with Gasteiger partial charge in [-0.2, -0.15) is 0 Å². The second-order valence-electron chi connectivity index (χ2n) is 11.0. The quantitative estimate of drug-likeness (QED) is 0.169. The van der Waals surface area contributed by atoms with E-state index in [9.17, 15) is 18.0 Å². The summed E-state index contributed by atoms with van der Waals surface area (Å²) in [5.74, 6) is 0.290. The molecule has 0 aliphatic rings. The van der Waals surface area contributed by atoms with Crippen molar-refractivity contribution in [1.82, 2.24) is 10.2 Å². The zero-order chi connectivity index (χ0) is 32.6. The van der Waals surface area contributed by atoms with Gasteiger partial charge in [-0.1, -0.05) is 66.6 Å². The van der Waals surface area contributed by atoms with Gasteiger partial charge in [0.25, 0.3) is 10.0 Å². The fourth-order valence-corrected chi connectivity index (χ4v) is 6.30. The van der Waals surface area contributed by atoms with Crippen LogP contribution in [0.2, 0.25) is 5.02 Å². The molecule has 45 heavy (non-hydrogen) atoms. The molecule has 0 aromatic heterocycles. The molecule has 1 atom stereocenters. The molecule has 236 valence electrons. The Labute approximate surface area is 270 Å². The first-order valence-corrected chi connectivity index (χ1v) is 16.6. The number of aryl methyl sites for hydroxylation is 1. The Morgan fingerprint density at radius 1 is 0.844 bits per heavy atom. The van der Waals surface area contributed by atoms with Crippen molar-refractivity contribution in [3.63, 3.8) is 0 Å². The van der Waals surface area contributed by atoms with E-state index in [4.69, 9.17) is 16.3 Å². The van der Waals surface area contributed by atoms with Gasteiger partial charge >= 0.3 is 0 Å². The molecule has 0 radical (unpaired) electrons. The maximum atomic E-state index is 14.2. The summed E-state index contributed by atoms with van der Waals surface area (Å²) in [6, 6.07) is 28.2. The van der Waals surface area contributed by atoms with Crippen LogP contribution in [0.25, 0.3) is 0 Å². The molecular weight excluding hydrogens is 610 g/mol. The van der Waals surface area contributed by atoms with Crippen LogP contribution in [0.1, 0.15) is 38.3 Å². The second kappa shape index (κ2) is 15.1. The van der Waals surface area contributed by atoms with Gasteiger partial charge in [0, 0.05) is 17.6 Å². The fraction of sp³-hybridized carbons (Fsp3) is 0.257. The molecule has 2 amide bonds. The predicted molar refractivity (Wildman–Crippen MR) is 178 cm³/mol. The van der Waals surface area contributed by atoms with Crippen molar-refractivity contribution in [3.05, 3.63) is 119 Å². The molecule has 4 aromatic carbocycles. The van der Waals surface area contributed by atoms with Crippen molar-refractivity contribution in [3.8, 4) is 11.5 Å². The molecule has 0 heterocycles. The number of hydrogen-bond acceptors (Lipinski definition) is 5. The Balaban J connectivity index is 1.72. The largest absolute Gasteiger partial charge is 0.457 e. The molecule has 0 aliphatic carbocycles. The van der Waals surface area contributed by atoms with E-state index >= 15 is 0 Å². The van der Waals surface area contributed by atoms with Crippen LogP contribution in [0, 0.1) is 6.92 Å². The zero-order valence-corrected chi connectivity index (χ0v) is 27.4. The highest BCUT2D eigenvalue weighted by Crippen LogP contribution is 2.29. The number of nitrogens with one attached hydrogen (secondary N) is 1. The Morgan fingerprint density at radius 3 is 2.02 bits per heavy atom. The summed E-state index contributed by atoms with van der Waals surface area (Å²) in [6.45, 7) is 6.92. The minimum Gasteiger partial charge on any atom is -0.457 e. The Bertz CT molecular complexity index is 1680. The van der Waals surface area contributed by atoms with E-state index in [1.165, 1.54) is 17.0 Å². The van der Waals surface area contributed by atoms with Crippen molar-refractivity contribution < 1.29 is 22.7 Å². The lowest BCUT2D eigenvalue weighted by atomic mass is 10.1. The van der Waals surface area contributed by atoms with Crippen molar-refractivity contribution in [2.45, 2.75) is 57.6 Å². The molecular formula is C35H38ClN3O5S. The van der Waals surface area contributed by atoms with Gasteiger partial charge in [0.2, 0.25) is 11.8 Å². The number of carbonyl (C=O) groups is 2. The van der Waals surface area contributed by atoms with Crippen LogP contribution >= 0.6 is 11.6 Å². The summed E-state index contributed by atoms with van der Waals surface area (Å²) in [4.78, 5) is 29.0. The first-order chi connectivity index (χ1) is 21.5. The summed E-state index contributed by atoms with van der Waals surface area (Å²) in [5.41, 5.74) is 1.92. The average Bonchev–Trinajstić information content (AvgIpc) is 3.01. The topological polar surface area (TPSA) is 96.0 Å². The van der Waals surface area contributed by atoms with Crippen molar-refractivity contribution in [2.24, 2.45) is 0 Å². The summed E-state index contributed by atoms with van der Waals surface area (Å²) in [5, 5.41) is 3.44. The molecule has 8 nitrogen and oxygen atoms in total. The zero-order valence-electron chi connectivity index (χ0n) is 25.8. The minimum absolute atomic E-state index is 0.0411. The highest BCUT2D eigenvalue weighted by molar-refractivity contribution is 7.92. The van der Waals surface area contributed by atoms with Crippen molar-refractivity contribution in [1.29, 1.82) is 0 Å². The van der Waals surface area contributed by atoms with Gasteiger partial charge < -0.3 is 15.0 Å². The molecule has 0 spiro atoms. The lowest BCUT2D eigenvalue weighted by Gasteiger charge is -2.33. The molecule has 4 aromatic rings. The van der Waals surface area contributed by atoms with Crippen LogP contribution in [0.5, 0.6) is 11.5 Å². The standard InChI is InChI=1S/C35H38ClN3O5S/c1-5-33(35(41)37-25(2)3)38(23-27-13-15-28(36)16-14-27)34(40)24-39(45(42,43)32-21-11-26(4)12-22-32)29-17-19-31(20-18-29)44-30-9-7-6-8-10-30/h6-22,25,33H,5,23-24H2,1-4H3,(H,37,41). The third-order valence-electron chi connectivity index (χ3n) is 7.07. The van der Waals surface area contributed by atoms with E-state index in [2.05, 4.69) is 5.32 Å². The van der Waals surface area contributed by atoms with Crippen LogP contribution < -0.4 is 14.4 Å². The predicted octanol–water partition coefficient (Wildman–Crippen LogP) is 6.97. The number of para-hydroxylation sites is 1. The van der Waals surface area contributed by atoms with Gasteiger partial charge in [-0.05, 0) is 93.4 Å². The second-order valence-corrected chi connectivity index (χ2v) is 13.3. The molecule has 0 bridgehead atoms. The number of nitrogens with zero attached hydrogens (tertiary/aromatic N) is 2. The van der Waals surface area contributed by atoms with E-state index in [1.54, 1.807) is 60.7 Å². The number of carbonyl (C=O) groups excluding carboxylic acids is 2. The molecule has 1 unspecified atom stereocenters. The number of amides is 2. The smallest absolute Gasteiger partial charge is 0.264 e. The number of hydrogen-bond donors (Lipinski definition) is 1. The molecule has 4 rings (SSSR count). The summed E-state index contributed by atoms with van der Waals surface area (Å²) in [6.07, 6.45) is 0.327. The van der Waals surface area contributed by atoms with Crippen LogP contribution in [0.3, 0.4) is 0 Å². The van der Waals surface area contributed by atoms with Gasteiger partial charge in [-0.25, -0.2) is 8.42 Å². The minimum atomic E-state index is -4.19. The normalized spacial score (nSPS) is 12.0. The van der Waals surface area contributed by atoms with Gasteiger partial charge in [0.15, 0.2) is 0 Å². The maximum Gasteiger partial charge on any atom is 0.264 e. The van der Waals surface area contributed by atoms with Crippen LogP contribution in [-0.4, -0.2) is 43.8 Å². The SMILES string of the molecule is CCC(C(=O)NC(C)C)N(Cc1ccc(Cl)cc1)C(=O)CN(c1ccc(Oc2ccccc2)cc1)S(=O)(=O)c1ccc(C)cc1. The average molecular weight is 648 g/mol. The van der Waals surface area contributed by atoms with Crippen molar-refractivity contribution >= 4 is 39.1 Å². The summed E-state index contributed by atoms with van der Waals surface area (Å²) in [7, 11) is -4.19. The van der Waals surface area contributed by atoms with Crippen LogP contribution in [0.15, 0.2) is 108 Å². The molecule has 0 aliphatic heterocycles. The van der Waals surface area contributed by atoms with E-state index in [1.807, 2.05) is 58.0 Å². The number of anilines is 1. The van der Waals surface area contributed by atoms with E-state index in [0.29, 0.717) is 22.9 Å². The number of ether oxygens (including phenoxy) is 1. The van der Waals surface area contributed by atoms with Crippen molar-refractivity contribution in [2.75, 3.05) is 10.8 Å². The number of sulfonamides is 1. The Kier molecular flexibility index (Phi) is 11.3. The molecule has 10 heteroatoms. The third kappa shape index (κ3) is 8.86. The first kappa shape index (κ1) is 33.6. The monoisotopic (exact) mass is 647 g/mol. The lowest BCUT2D eigenvalue weighted by Crippen LogP contribution is -2.53. The number of benzene rings is 4. The number of rotatable bonds is 13. The summed E-state index contributed by atoms with van der Waals surface area (Å²) >= 11 is 6.09.